The molecule has 0 radical (unpaired) electrons. The van der Waals surface area contributed by atoms with Crippen molar-refractivity contribution < 1.29 is 14.7 Å². The molecule has 1 aromatic heterocycles. The van der Waals surface area contributed by atoms with E-state index in [2.05, 4.69) is 15.4 Å². The van der Waals surface area contributed by atoms with Crippen molar-refractivity contribution in [2.75, 3.05) is 19.8 Å². The number of aryl methyl sites for hydroxylation is 1. The number of hydrogen-bond acceptors (Lipinski definition) is 6. The summed E-state index contributed by atoms with van der Waals surface area (Å²) in [6.07, 6.45) is 10.1. The predicted octanol–water partition coefficient (Wildman–Crippen LogP) is 0.387. The van der Waals surface area contributed by atoms with Crippen LogP contribution in [0.5, 0.6) is 0 Å². The lowest BCUT2D eigenvalue weighted by molar-refractivity contribution is -0.123. The summed E-state index contributed by atoms with van der Waals surface area (Å²) >= 11 is 0. The van der Waals surface area contributed by atoms with Crippen LogP contribution in [0.4, 0.5) is 0 Å². The average molecular weight is 355 g/mol. The number of hydrogen-bond donors (Lipinski definition) is 2. The van der Waals surface area contributed by atoms with Gasteiger partial charge in [0.05, 0.1) is 16.8 Å². The van der Waals surface area contributed by atoms with Crippen LogP contribution in [-0.4, -0.2) is 57.6 Å². The number of carbonyl (C=O) groups excluding carboxylic acids is 2. The zero-order chi connectivity index (χ0) is 18.5. The van der Waals surface area contributed by atoms with Gasteiger partial charge in [0.1, 0.15) is 6.67 Å². The van der Waals surface area contributed by atoms with Crippen molar-refractivity contribution in [3.63, 3.8) is 0 Å². The van der Waals surface area contributed by atoms with E-state index in [4.69, 9.17) is 5.11 Å². The molecule has 136 valence electrons. The van der Waals surface area contributed by atoms with E-state index < -0.39 is 11.8 Å². The molecule has 2 N–H and O–H groups in total. The smallest absolute Gasteiger partial charge is 0.261 e. The van der Waals surface area contributed by atoms with Gasteiger partial charge in [-0.2, -0.15) is 5.10 Å². The molecule has 2 aliphatic heterocycles. The molecule has 0 saturated heterocycles. The minimum Gasteiger partial charge on any atom is -0.396 e. The van der Waals surface area contributed by atoms with E-state index in [0.717, 1.165) is 0 Å². The molecule has 8 nitrogen and oxygen atoms in total. The Morgan fingerprint density at radius 3 is 2.81 bits per heavy atom. The van der Waals surface area contributed by atoms with Gasteiger partial charge in [0.15, 0.2) is 0 Å². The minimum atomic E-state index is -0.438. The summed E-state index contributed by atoms with van der Waals surface area (Å²) < 4.78 is 1.59. The first-order chi connectivity index (χ1) is 12.6. The standard InChI is InChI=1S/C18H21N5O3/c1-22-9-6-14(21-22)16-15(17(25)20-18(16)26)13-5-2-3-7-19-12-23(11-13)8-4-10-24/h2-3,6-7,9,11,24H,4-5,8,10,12H2,1H3,(H,20,25,26)/b3-2-,13-11+,19-7-. The Kier molecular flexibility index (Phi) is 5.43. The third kappa shape index (κ3) is 3.80. The molecule has 0 aliphatic carbocycles. The number of aliphatic hydroxyl groups excluding tert-OH is 1. The quantitative estimate of drug-likeness (QED) is 0.744. The van der Waals surface area contributed by atoms with Gasteiger partial charge in [0.2, 0.25) is 0 Å². The molecule has 0 aromatic carbocycles. The van der Waals surface area contributed by atoms with Crippen molar-refractivity contribution in [2.24, 2.45) is 12.0 Å². The van der Waals surface area contributed by atoms with Crippen molar-refractivity contribution in [3.05, 3.63) is 47.5 Å². The van der Waals surface area contributed by atoms with E-state index in [1.54, 1.807) is 30.2 Å². The van der Waals surface area contributed by atoms with Crippen LogP contribution < -0.4 is 5.32 Å². The number of nitrogens with one attached hydrogen (secondary N) is 1. The Morgan fingerprint density at radius 1 is 1.27 bits per heavy atom. The van der Waals surface area contributed by atoms with Gasteiger partial charge in [-0.05, 0) is 30.6 Å². The third-order valence-corrected chi connectivity index (χ3v) is 4.09. The lowest BCUT2D eigenvalue weighted by Gasteiger charge is -2.19. The molecule has 1 aromatic rings. The molecule has 0 saturated carbocycles. The number of amides is 2. The lowest BCUT2D eigenvalue weighted by Crippen LogP contribution is -2.24. The fourth-order valence-corrected chi connectivity index (χ4v) is 2.91. The summed E-state index contributed by atoms with van der Waals surface area (Å²) in [5, 5.41) is 15.8. The molecule has 0 unspecified atom stereocenters. The number of aliphatic hydroxyl groups is 1. The summed E-state index contributed by atoms with van der Waals surface area (Å²) in [4.78, 5) is 31.1. The third-order valence-electron chi connectivity index (χ3n) is 4.09. The van der Waals surface area contributed by atoms with Crippen LogP contribution in [-0.2, 0) is 16.6 Å². The second-order valence-electron chi connectivity index (χ2n) is 6.06. The Bertz CT molecular complexity index is 832. The highest BCUT2D eigenvalue weighted by molar-refractivity contribution is 6.37. The first-order valence-corrected chi connectivity index (χ1v) is 8.41. The summed E-state index contributed by atoms with van der Waals surface area (Å²) in [5.41, 5.74) is 1.81. The fourth-order valence-electron chi connectivity index (χ4n) is 2.91. The molecule has 8 heteroatoms. The van der Waals surface area contributed by atoms with E-state index in [1.807, 2.05) is 23.3 Å². The zero-order valence-electron chi connectivity index (χ0n) is 14.6. The van der Waals surface area contributed by atoms with Crippen LogP contribution in [0.1, 0.15) is 18.5 Å². The molecule has 2 amide bonds. The number of nitrogens with zero attached hydrogens (tertiary/aromatic N) is 4. The van der Waals surface area contributed by atoms with Gasteiger partial charge in [0, 0.05) is 38.8 Å². The second kappa shape index (κ2) is 7.92. The number of rotatable bonds is 5. The van der Waals surface area contributed by atoms with Gasteiger partial charge in [-0.1, -0.05) is 6.08 Å². The molecular weight excluding hydrogens is 334 g/mol. The Hall–Kier alpha value is -3.00. The van der Waals surface area contributed by atoms with Crippen LogP contribution in [0.2, 0.25) is 0 Å². The number of aromatic nitrogens is 2. The van der Waals surface area contributed by atoms with Gasteiger partial charge in [0.25, 0.3) is 11.8 Å². The van der Waals surface area contributed by atoms with Gasteiger partial charge < -0.3 is 10.0 Å². The topological polar surface area (TPSA) is 99.8 Å². The fraction of sp³-hybridized carbons (Fsp3) is 0.333. The molecule has 2 aliphatic rings. The number of imide groups is 1. The molecule has 0 atom stereocenters. The Balaban J connectivity index is 2.06. The Labute approximate surface area is 151 Å². The van der Waals surface area contributed by atoms with Crippen molar-refractivity contribution in [1.82, 2.24) is 20.0 Å². The maximum atomic E-state index is 12.5. The molecule has 0 fully saturated rings. The van der Waals surface area contributed by atoms with Gasteiger partial charge in [-0.15, -0.1) is 0 Å². The average Bonchev–Trinajstić information content (AvgIpc) is 3.18. The normalized spacial score (nSPS) is 22.4. The maximum absolute atomic E-state index is 12.5. The van der Waals surface area contributed by atoms with Crippen molar-refractivity contribution >= 4 is 23.6 Å². The van der Waals surface area contributed by atoms with E-state index in [-0.39, 0.29) is 12.2 Å². The van der Waals surface area contributed by atoms with E-state index in [9.17, 15) is 9.59 Å². The van der Waals surface area contributed by atoms with E-state index >= 15 is 0 Å². The molecule has 26 heavy (non-hydrogen) atoms. The number of allylic oxidation sites excluding steroid dienone is 2. The monoisotopic (exact) mass is 355 g/mol. The molecular formula is C18H21N5O3. The molecule has 3 rings (SSSR count). The van der Waals surface area contributed by atoms with E-state index in [0.29, 0.717) is 42.9 Å². The SMILES string of the molecule is Cn1ccc(C2=C(/C3=C/N(CCCO)C/N=C\C=C/C3)C(=O)NC2=O)n1. The highest BCUT2D eigenvalue weighted by atomic mass is 16.3. The van der Waals surface area contributed by atoms with Gasteiger partial charge in [-0.25, -0.2) is 0 Å². The first kappa shape index (κ1) is 17.8. The summed E-state index contributed by atoms with van der Waals surface area (Å²) in [5.74, 6) is -0.857. The van der Waals surface area contributed by atoms with E-state index in [1.165, 1.54) is 0 Å². The predicted molar refractivity (Wildman–Crippen MR) is 96.9 cm³/mol. The van der Waals surface area contributed by atoms with Gasteiger partial charge >= 0.3 is 0 Å². The molecule has 3 heterocycles. The van der Waals surface area contributed by atoms with Crippen LogP contribution in [0, 0.1) is 0 Å². The van der Waals surface area contributed by atoms with Crippen LogP contribution in [0.3, 0.4) is 0 Å². The highest BCUT2D eigenvalue weighted by Crippen LogP contribution is 2.30. The summed E-state index contributed by atoms with van der Waals surface area (Å²) in [7, 11) is 1.76. The van der Waals surface area contributed by atoms with Gasteiger partial charge in [-0.3, -0.25) is 24.6 Å². The van der Waals surface area contributed by atoms with Crippen LogP contribution in [0.15, 0.2) is 46.8 Å². The van der Waals surface area contributed by atoms with Crippen LogP contribution in [0.25, 0.3) is 5.57 Å². The molecule has 0 bridgehead atoms. The van der Waals surface area contributed by atoms with Crippen molar-refractivity contribution in [2.45, 2.75) is 12.8 Å². The minimum absolute atomic E-state index is 0.0719. The summed E-state index contributed by atoms with van der Waals surface area (Å²) in [6, 6.07) is 1.71. The first-order valence-electron chi connectivity index (χ1n) is 8.41. The van der Waals surface area contributed by atoms with Crippen molar-refractivity contribution in [3.8, 4) is 0 Å². The maximum Gasteiger partial charge on any atom is 0.261 e. The zero-order valence-corrected chi connectivity index (χ0v) is 14.6. The largest absolute Gasteiger partial charge is 0.396 e. The number of aliphatic imine (C=N–C) groups is 1. The highest BCUT2D eigenvalue weighted by Gasteiger charge is 2.34. The van der Waals surface area contributed by atoms with Crippen molar-refractivity contribution in [1.29, 1.82) is 0 Å². The van der Waals surface area contributed by atoms with Crippen LogP contribution >= 0.6 is 0 Å². The molecule has 0 spiro atoms. The number of carbonyl (C=O) groups is 2. The Morgan fingerprint density at radius 2 is 2.08 bits per heavy atom. The lowest BCUT2D eigenvalue weighted by atomic mass is 9.97. The second-order valence-corrected chi connectivity index (χ2v) is 6.06. The summed E-state index contributed by atoms with van der Waals surface area (Å²) in [6.45, 7) is 1.08.